The van der Waals surface area contributed by atoms with Gasteiger partial charge < -0.3 is 0 Å². The van der Waals surface area contributed by atoms with Crippen molar-refractivity contribution in [1.82, 2.24) is 4.98 Å². The molecular weight excluding hydrogens is 386 g/mol. The Bertz CT molecular complexity index is 735. The van der Waals surface area contributed by atoms with Crippen molar-refractivity contribution in [2.75, 3.05) is 5.75 Å². The van der Waals surface area contributed by atoms with Gasteiger partial charge in [0.2, 0.25) is 0 Å². The van der Waals surface area contributed by atoms with Crippen molar-refractivity contribution in [3.63, 3.8) is 0 Å². The fourth-order valence-corrected chi connectivity index (χ4v) is 4.45. The van der Waals surface area contributed by atoms with Gasteiger partial charge in [0.1, 0.15) is 0 Å². The first-order chi connectivity index (χ1) is 10.2. The van der Waals surface area contributed by atoms with Crippen LogP contribution in [0.4, 0.5) is 0 Å². The summed E-state index contributed by atoms with van der Waals surface area (Å²) in [5, 5.41) is 3.95. The van der Waals surface area contributed by atoms with E-state index in [4.69, 9.17) is 0 Å². The van der Waals surface area contributed by atoms with Gasteiger partial charge in [0, 0.05) is 15.4 Å². The van der Waals surface area contributed by atoms with Crippen LogP contribution in [0.15, 0.2) is 56.0 Å². The predicted molar refractivity (Wildman–Crippen MR) is 94.6 cm³/mol. The number of carbonyl (C=O) groups is 1. The third-order valence-electron chi connectivity index (χ3n) is 2.75. The molecule has 0 unspecified atom stereocenters. The molecule has 1 aromatic carbocycles. The zero-order valence-corrected chi connectivity index (χ0v) is 14.8. The summed E-state index contributed by atoms with van der Waals surface area (Å²) < 4.78 is 1.98. The zero-order chi connectivity index (χ0) is 14.7. The Morgan fingerprint density at radius 1 is 1.19 bits per heavy atom. The SMILES string of the molecule is O=C(CSc1nc(-c2ccc(Br)cc2)cs1)c1cccs1. The number of thiophene rings is 1. The van der Waals surface area contributed by atoms with E-state index in [9.17, 15) is 4.79 Å². The van der Waals surface area contributed by atoms with Gasteiger partial charge in [-0.3, -0.25) is 4.79 Å². The molecule has 2 heterocycles. The van der Waals surface area contributed by atoms with Gasteiger partial charge in [0.15, 0.2) is 10.1 Å². The van der Waals surface area contributed by atoms with Gasteiger partial charge in [-0.2, -0.15) is 0 Å². The molecule has 0 aliphatic carbocycles. The molecule has 106 valence electrons. The quantitative estimate of drug-likeness (QED) is 0.415. The van der Waals surface area contributed by atoms with Gasteiger partial charge in [-0.15, -0.1) is 22.7 Å². The average Bonchev–Trinajstić information content (AvgIpc) is 3.17. The highest BCUT2D eigenvalue weighted by molar-refractivity contribution is 9.10. The molecule has 2 nitrogen and oxygen atoms in total. The maximum Gasteiger partial charge on any atom is 0.183 e. The molecule has 0 fully saturated rings. The molecule has 0 aliphatic heterocycles. The van der Waals surface area contributed by atoms with Crippen molar-refractivity contribution < 1.29 is 4.79 Å². The molecule has 0 atom stereocenters. The highest BCUT2D eigenvalue weighted by atomic mass is 79.9. The van der Waals surface area contributed by atoms with E-state index in [1.165, 1.54) is 23.1 Å². The first-order valence-electron chi connectivity index (χ1n) is 6.13. The Kier molecular flexibility index (Phi) is 4.90. The van der Waals surface area contributed by atoms with Gasteiger partial charge >= 0.3 is 0 Å². The molecule has 0 aliphatic rings. The molecule has 0 spiro atoms. The van der Waals surface area contributed by atoms with Crippen LogP contribution in [0.2, 0.25) is 0 Å². The summed E-state index contributed by atoms with van der Waals surface area (Å²) in [6.07, 6.45) is 0. The molecule has 2 aromatic heterocycles. The topological polar surface area (TPSA) is 30.0 Å². The number of ketones is 1. The maximum absolute atomic E-state index is 12.0. The lowest BCUT2D eigenvalue weighted by molar-refractivity contribution is 0.102. The number of aromatic nitrogens is 1. The maximum atomic E-state index is 12.0. The molecule has 0 saturated heterocycles. The summed E-state index contributed by atoms with van der Waals surface area (Å²) in [5.41, 5.74) is 2.05. The van der Waals surface area contributed by atoms with Crippen molar-refractivity contribution in [2.24, 2.45) is 0 Å². The van der Waals surface area contributed by atoms with E-state index in [1.807, 2.05) is 47.2 Å². The van der Waals surface area contributed by atoms with Crippen LogP contribution >= 0.6 is 50.4 Å². The second-order valence-corrected chi connectivity index (χ2v) is 8.14. The monoisotopic (exact) mass is 395 g/mol. The number of halogens is 1. The summed E-state index contributed by atoms with van der Waals surface area (Å²) in [6.45, 7) is 0. The fraction of sp³-hybridized carbons (Fsp3) is 0.0667. The van der Waals surface area contributed by atoms with Crippen LogP contribution in [0.3, 0.4) is 0 Å². The van der Waals surface area contributed by atoms with Crippen molar-refractivity contribution in [1.29, 1.82) is 0 Å². The number of hydrogen-bond donors (Lipinski definition) is 0. The highest BCUT2D eigenvalue weighted by Gasteiger charge is 2.10. The molecule has 0 bridgehead atoms. The molecule has 0 radical (unpaired) electrons. The van der Waals surface area contributed by atoms with Gasteiger partial charge in [-0.05, 0) is 23.6 Å². The number of thiazole rings is 1. The van der Waals surface area contributed by atoms with E-state index in [-0.39, 0.29) is 5.78 Å². The van der Waals surface area contributed by atoms with Crippen molar-refractivity contribution in [3.8, 4) is 11.3 Å². The number of thioether (sulfide) groups is 1. The Labute approximate surface area is 143 Å². The molecule has 3 aromatic rings. The fourth-order valence-electron chi connectivity index (χ4n) is 1.71. The zero-order valence-electron chi connectivity index (χ0n) is 10.8. The lowest BCUT2D eigenvalue weighted by Gasteiger charge is -1.97. The van der Waals surface area contributed by atoms with Crippen LogP contribution in [0.25, 0.3) is 11.3 Å². The summed E-state index contributed by atoms with van der Waals surface area (Å²) >= 11 is 7.99. The number of rotatable bonds is 5. The second kappa shape index (κ2) is 6.87. The Morgan fingerprint density at radius 2 is 2.00 bits per heavy atom. The molecule has 6 heteroatoms. The van der Waals surface area contributed by atoms with E-state index < -0.39 is 0 Å². The Morgan fingerprint density at radius 3 is 2.71 bits per heavy atom. The smallest absolute Gasteiger partial charge is 0.183 e. The van der Waals surface area contributed by atoms with Crippen LogP contribution in [-0.4, -0.2) is 16.5 Å². The largest absolute Gasteiger partial charge is 0.292 e. The summed E-state index contributed by atoms with van der Waals surface area (Å²) in [5.74, 6) is 0.601. The Hall–Kier alpha value is -0.950. The third kappa shape index (κ3) is 3.83. The van der Waals surface area contributed by atoms with Gasteiger partial charge in [0.05, 0.1) is 16.3 Å². The molecule has 0 saturated carbocycles. The number of hydrogen-bond acceptors (Lipinski definition) is 5. The Balaban J connectivity index is 1.65. The van der Waals surface area contributed by atoms with Crippen LogP contribution in [0.1, 0.15) is 9.67 Å². The normalized spacial score (nSPS) is 10.7. The standard InChI is InChI=1S/C15H10BrNOS3/c16-11-5-3-10(4-6-11)12-8-20-15(17-12)21-9-13(18)14-2-1-7-19-14/h1-8H,9H2. The van der Waals surface area contributed by atoms with E-state index in [1.54, 1.807) is 11.3 Å². The molecular formula is C15H10BrNOS3. The van der Waals surface area contributed by atoms with Crippen molar-refractivity contribution in [3.05, 3.63) is 56.5 Å². The van der Waals surface area contributed by atoms with Crippen LogP contribution in [0, 0.1) is 0 Å². The molecule has 0 N–H and O–H groups in total. The first kappa shape index (κ1) is 15.0. The van der Waals surface area contributed by atoms with Crippen molar-refractivity contribution in [2.45, 2.75) is 4.34 Å². The summed E-state index contributed by atoms with van der Waals surface area (Å²) in [6, 6.07) is 11.8. The number of nitrogens with zero attached hydrogens (tertiary/aromatic N) is 1. The predicted octanol–water partition coefficient (Wildman–Crippen LogP) is 5.61. The van der Waals surface area contributed by atoms with Crippen LogP contribution in [-0.2, 0) is 0 Å². The molecule has 3 rings (SSSR count). The van der Waals surface area contributed by atoms with E-state index in [0.29, 0.717) is 5.75 Å². The minimum Gasteiger partial charge on any atom is -0.292 e. The summed E-state index contributed by atoms with van der Waals surface area (Å²) in [4.78, 5) is 17.3. The number of carbonyl (C=O) groups excluding carboxylic acids is 1. The van der Waals surface area contributed by atoms with Gasteiger partial charge in [-0.25, -0.2) is 4.98 Å². The summed E-state index contributed by atoms with van der Waals surface area (Å²) in [7, 11) is 0. The van der Waals surface area contributed by atoms with Crippen molar-refractivity contribution >= 4 is 56.1 Å². The average molecular weight is 396 g/mol. The lowest BCUT2D eigenvalue weighted by Crippen LogP contribution is -1.98. The van der Waals surface area contributed by atoms with Gasteiger partial charge in [-0.1, -0.05) is 45.9 Å². The first-order valence-corrected chi connectivity index (χ1v) is 9.67. The molecule has 0 amide bonds. The van der Waals surface area contributed by atoms with E-state index in [2.05, 4.69) is 20.9 Å². The van der Waals surface area contributed by atoms with Crippen LogP contribution < -0.4 is 0 Å². The van der Waals surface area contributed by atoms with E-state index in [0.717, 1.165) is 24.9 Å². The van der Waals surface area contributed by atoms with Crippen LogP contribution in [0.5, 0.6) is 0 Å². The van der Waals surface area contributed by atoms with Gasteiger partial charge in [0.25, 0.3) is 0 Å². The highest BCUT2D eigenvalue weighted by Crippen LogP contribution is 2.29. The molecule has 21 heavy (non-hydrogen) atoms. The number of Topliss-reactive ketones (excluding diaryl/α,β-unsaturated/α-hetero) is 1. The number of benzene rings is 1. The van der Waals surface area contributed by atoms with E-state index >= 15 is 0 Å². The minimum absolute atomic E-state index is 0.162. The lowest BCUT2D eigenvalue weighted by atomic mass is 10.2. The second-order valence-electron chi connectivity index (χ2n) is 4.19. The minimum atomic E-state index is 0.162. The third-order valence-corrected chi connectivity index (χ3v) is 6.21.